The van der Waals surface area contributed by atoms with Crippen molar-refractivity contribution in [2.45, 2.75) is 38.1 Å². The van der Waals surface area contributed by atoms with Crippen molar-refractivity contribution < 1.29 is 4.74 Å². The summed E-state index contributed by atoms with van der Waals surface area (Å²) < 4.78 is 5.73. The molecule has 0 radical (unpaired) electrons. The summed E-state index contributed by atoms with van der Waals surface area (Å²) in [7, 11) is 0. The molecule has 0 bridgehead atoms. The van der Waals surface area contributed by atoms with Crippen LogP contribution in [0.15, 0.2) is 24.3 Å². The van der Waals surface area contributed by atoms with Crippen molar-refractivity contribution in [2.24, 2.45) is 0 Å². The van der Waals surface area contributed by atoms with Gasteiger partial charge in [-0.05, 0) is 50.9 Å². The molecule has 1 aromatic carbocycles. The summed E-state index contributed by atoms with van der Waals surface area (Å²) in [5, 5.41) is 3.68. The van der Waals surface area contributed by atoms with Gasteiger partial charge in [0.2, 0.25) is 0 Å². The van der Waals surface area contributed by atoms with Gasteiger partial charge in [0, 0.05) is 25.0 Å². The first-order valence-electron chi connectivity index (χ1n) is 8.01. The molecule has 1 saturated heterocycles. The predicted molar refractivity (Wildman–Crippen MR) is 82.4 cm³/mol. The molecule has 0 aliphatic carbocycles. The molecular formula is C17H26N2O. The highest BCUT2D eigenvalue weighted by molar-refractivity contribution is 5.37. The zero-order chi connectivity index (χ0) is 13.8. The third-order valence-corrected chi connectivity index (χ3v) is 4.68. The lowest BCUT2D eigenvalue weighted by Gasteiger charge is -2.28. The minimum Gasteiger partial charge on any atom is -0.493 e. The molecule has 0 aromatic heterocycles. The summed E-state index contributed by atoms with van der Waals surface area (Å²) >= 11 is 0. The smallest absolute Gasteiger partial charge is 0.122 e. The number of ether oxygens (including phenoxy) is 1. The van der Waals surface area contributed by atoms with Gasteiger partial charge in [-0.15, -0.1) is 0 Å². The molecule has 110 valence electrons. The second-order valence-corrected chi connectivity index (χ2v) is 6.12. The number of hydrogen-bond donors (Lipinski definition) is 1. The van der Waals surface area contributed by atoms with Crippen molar-refractivity contribution in [1.29, 1.82) is 0 Å². The Labute approximate surface area is 122 Å². The number of likely N-dealkylation sites (tertiary alicyclic amines) is 1. The molecule has 1 aromatic rings. The van der Waals surface area contributed by atoms with Gasteiger partial charge >= 0.3 is 0 Å². The lowest BCUT2D eigenvalue weighted by molar-refractivity contribution is 0.241. The molecule has 2 aliphatic rings. The fraction of sp³-hybridized carbons (Fsp3) is 0.647. The summed E-state index contributed by atoms with van der Waals surface area (Å²) in [6, 6.07) is 9.14. The van der Waals surface area contributed by atoms with E-state index in [2.05, 4.69) is 41.4 Å². The monoisotopic (exact) mass is 274 g/mol. The van der Waals surface area contributed by atoms with Gasteiger partial charge in [-0.3, -0.25) is 4.90 Å². The third-order valence-electron chi connectivity index (χ3n) is 4.68. The third kappa shape index (κ3) is 3.15. The van der Waals surface area contributed by atoms with Crippen LogP contribution in [0.5, 0.6) is 5.75 Å². The molecule has 0 spiro atoms. The average molecular weight is 274 g/mol. The Bertz CT molecular complexity index is 429. The van der Waals surface area contributed by atoms with Crippen LogP contribution in [0.25, 0.3) is 0 Å². The van der Waals surface area contributed by atoms with E-state index < -0.39 is 0 Å². The molecular weight excluding hydrogens is 248 g/mol. The highest BCUT2D eigenvalue weighted by Crippen LogP contribution is 2.32. The summed E-state index contributed by atoms with van der Waals surface area (Å²) in [6.07, 6.45) is 3.87. The van der Waals surface area contributed by atoms with Crippen LogP contribution in [0.3, 0.4) is 0 Å². The minimum absolute atomic E-state index is 0.603. The van der Waals surface area contributed by atoms with Gasteiger partial charge < -0.3 is 10.1 Å². The van der Waals surface area contributed by atoms with Crippen LogP contribution in [0.2, 0.25) is 0 Å². The SMILES string of the molecule is CC(CNCC1CCOc2ccccc21)N1CCCC1. The van der Waals surface area contributed by atoms with Crippen LogP contribution in [0.1, 0.15) is 37.7 Å². The fourth-order valence-electron chi connectivity index (χ4n) is 3.41. The predicted octanol–water partition coefficient (Wildman–Crippen LogP) is 2.63. The number of rotatable bonds is 5. The van der Waals surface area contributed by atoms with E-state index in [0.29, 0.717) is 12.0 Å². The van der Waals surface area contributed by atoms with Gasteiger partial charge in [0.1, 0.15) is 5.75 Å². The first kappa shape index (κ1) is 13.9. The summed E-state index contributed by atoms with van der Waals surface area (Å²) in [6.45, 7) is 7.92. The van der Waals surface area contributed by atoms with Gasteiger partial charge in [-0.2, -0.15) is 0 Å². The molecule has 3 rings (SSSR count). The Morgan fingerprint density at radius 1 is 1.30 bits per heavy atom. The van der Waals surface area contributed by atoms with Crippen molar-refractivity contribution in [3.05, 3.63) is 29.8 Å². The number of benzene rings is 1. The summed E-state index contributed by atoms with van der Waals surface area (Å²) in [4.78, 5) is 2.60. The van der Waals surface area contributed by atoms with E-state index in [1.165, 1.54) is 31.5 Å². The van der Waals surface area contributed by atoms with E-state index in [9.17, 15) is 0 Å². The van der Waals surface area contributed by atoms with Crippen molar-refractivity contribution in [1.82, 2.24) is 10.2 Å². The molecule has 2 heterocycles. The molecule has 20 heavy (non-hydrogen) atoms. The van der Waals surface area contributed by atoms with Crippen molar-refractivity contribution in [3.63, 3.8) is 0 Å². The second-order valence-electron chi connectivity index (χ2n) is 6.12. The maximum atomic E-state index is 5.73. The lowest BCUT2D eigenvalue weighted by atomic mass is 9.93. The highest BCUT2D eigenvalue weighted by atomic mass is 16.5. The van der Waals surface area contributed by atoms with Gasteiger partial charge in [0.25, 0.3) is 0 Å². The standard InChI is InChI=1S/C17H26N2O/c1-14(19-9-4-5-10-19)12-18-13-15-8-11-20-17-7-3-2-6-16(15)17/h2-3,6-7,14-15,18H,4-5,8-13H2,1H3. The summed E-state index contributed by atoms with van der Waals surface area (Å²) in [5.41, 5.74) is 1.38. The number of nitrogens with zero attached hydrogens (tertiary/aromatic N) is 1. The van der Waals surface area contributed by atoms with Crippen molar-refractivity contribution in [3.8, 4) is 5.75 Å². The van der Waals surface area contributed by atoms with Crippen LogP contribution in [0.4, 0.5) is 0 Å². The van der Waals surface area contributed by atoms with E-state index in [1.807, 2.05) is 0 Å². The van der Waals surface area contributed by atoms with Crippen molar-refractivity contribution >= 4 is 0 Å². The van der Waals surface area contributed by atoms with Crippen LogP contribution in [-0.2, 0) is 0 Å². The number of fused-ring (bicyclic) bond motifs is 1. The molecule has 3 heteroatoms. The first-order valence-corrected chi connectivity index (χ1v) is 8.01. The zero-order valence-corrected chi connectivity index (χ0v) is 12.5. The summed E-state index contributed by atoms with van der Waals surface area (Å²) in [5.74, 6) is 1.68. The second kappa shape index (κ2) is 6.59. The number of nitrogens with one attached hydrogen (secondary N) is 1. The van der Waals surface area contributed by atoms with E-state index >= 15 is 0 Å². The van der Waals surface area contributed by atoms with E-state index in [4.69, 9.17) is 4.74 Å². The Hall–Kier alpha value is -1.06. The highest BCUT2D eigenvalue weighted by Gasteiger charge is 2.22. The first-order chi connectivity index (χ1) is 9.84. The zero-order valence-electron chi connectivity index (χ0n) is 12.5. The molecule has 1 fully saturated rings. The maximum absolute atomic E-state index is 5.73. The minimum atomic E-state index is 0.603. The van der Waals surface area contributed by atoms with Crippen molar-refractivity contribution in [2.75, 3.05) is 32.8 Å². The van der Waals surface area contributed by atoms with E-state index in [0.717, 1.165) is 31.9 Å². The van der Waals surface area contributed by atoms with E-state index in [1.54, 1.807) is 0 Å². The van der Waals surface area contributed by atoms with Gasteiger partial charge in [0.15, 0.2) is 0 Å². The molecule has 1 N–H and O–H groups in total. The van der Waals surface area contributed by atoms with Gasteiger partial charge in [-0.25, -0.2) is 0 Å². The van der Waals surface area contributed by atoms with Crippen LogP contribution >= 0.6 is 0 Å². The molecule has 3 nitrogen and oxygen atoms in total. The van der Waals surface area contributed by atoms with E-state index in [-0.39, 0.29) is 0 Å². The Morgan fingerprint density at radius 2 is 2.10 bits per heavy atom. The Kier molecular flexibility index (Phi) is 4.58. The normalized spacial score (nSPS) is 24.1. The molecule has 2 atom stereocenters. The Morgan fingerprint density at radius 3 is 2.95 bits per heavy atom. The average Bonchev–Trinajstić information content (AvgIpc) is 3.02. The van der Waals surface area contributed by atoms with Gasteiger partial charge in [0.05, 0.1) is 6.61 Å². The topological polar surface area (TPSA) is 24.5 Å². The van der Waals surface area contributed by atoms with Gasteiger partial charge in [-0.1, -0.05) is 18.2 Å². The number of para-hydroxylation sites is 1. The molecule has 0 saturated carbocycles. The molecule has 2 aliphatic heterocycles. The quantitative estimate of drug-likeness (QED) is 0.893. The fourth-order valence-corrected chi connectivity index (χ4v) is 3.41. The van der Waals surface area contributed by atoms with Crippen LogP contribution in [0, 0.1) is 0 Å². The Balaban J connectivity index is 1.49. The lowest BCUT2D eigenvalue weighted by Crippen LogP contribution is -2.40. The van der Waals surface area contributed by atoms with Crippen LogP contribution < -0.4 is 10.1 Å². The van der Waals surface area contributed by atoms with Crippen LogP contribution in [-0.4, -0.2) is 43.7 Å². The molecule has 0 amide bonds. The maximum Gasteiger partial charge on any atom is 0.122 e. The number of hydrogen-bond acceptors (Lipinski definition) is 3. The molecule has 2 unspecified atom stereocenters. The largest absolute Gasteiger partial charge is 0.493 e.